The smallest absolute Gasteiger partial charge is 0.230 e. The van der Waals surface area contributed by atoms with E-state index in [1.807, 2.05) is 13.0 Å². The normalized spacial score (nSPS) is 18.9. The summed E-state index contributed by atoms with van der Waals surface area (Å²) in [5.41, 5.74) is 0.809. The molecule has 0 radical (unpaired) electrons. The second-order valence-electron chi connectivity index (χ2n) is 3.96. The third-order valence-corrected chi connectivity index (χ3v) is 3.46. The van der Waals surface area contributed by atoms with E-state index in [-0.39, 0.29) is 24.2 Å². The first kappa shape index (κ1) is 12.0. The Labute approximate surface area is 107 Å². The maximum Gasteiger partial charge on any atom is 0.230 e. The van der Waals surface area contributed by atoms with Gasteiger partial charge in [0, 0.05) is 17.4 Å². The molecule has 1 saturated heterocycles. The van der Waals surface area contributed by atoms with Crippen molar-refractivity contribution in [3.05, 3.63) is 22.3 Å². The molecule has 0 saturated carbocycles. The van der Waals surface area contributed by atoms with Crippen molar-refractivity contribution in [3.63, 3.8) is 0 Å². The Morgan fingerprint density at radius 1 is 1.59 bits per heavy atom. The fourth-order valence-corrected chi connectivity index (χ4v) is 1.85. The van der Waals surface area contributed by atoms with Gasteiger partial charge in [-0.2, -0.15) is 0 Å². The molecule has 2 rings (SSSR count). The summed E-state index contributed by atoms with van der Waals surface area (Å²) < 4.78 is 0.896. The highest BCUT2D eigenvalue weighted by Gasteiger charge is 2.28. The topological polar surface area (TPSA) is 71.1 Å². The number of amides is 2. The predicted octanol–water partition coefficient (Wildman–Crippen LogP) is 1.23. The molecule has 0 aliphatic carbocycles. The molecular weight excluding hydrogens is 286 g/mol. The summed E-state index contributed by atoms with van der Waals surface area (Å²) in [6, 6.07) is 3.55. The average Bonchev–Trinajstić information content (AvgIpc) is 2.70. The lowest BCUT2D eigenvalue weighted by atomic mass is 10.1. The van der Waals surface area contributed by atoms with Crippen molar-refractivity contribution >= 4 is 33.6 Å². The highest BCUT2D eigenvalue weighted by Crippen LogP contribution is 2.17. The third-order valence-electron chi connectivity index (χ3n) is 2.62. The Hall–Kier alpha value is -1.43. The number of carbonyl (C=O) groups is 2. The Balaban J connectivity index is 2.03. The molecule has 0 spiro atoms. The van der Waals surface area contributed by atoms with Gasteiger partial charge in [0.1, 0.15) is 5.82 Å². The van der Waals surface area contributed by atoms with Crippen molar-refractivity contribution < 1.29 is 9.59 Å². The van der Waals surface area contributed by atoms with Gasteiger partial charge in [0.25, 0.3) is 0 Å². The van der Waals surface area contributed by atoms with Gasteiger partial charge < -0.3 is 10.6 Å². The van der Waals surface area contributed by atoms with E-state index in [2.05, 4.69) is 31.5 Å². The van der Waals surface area contributed by atoms with E-state index in [4.69, 9.17) is 0 Å². The van der Waals surface area contributed by atoms with Crippen LogP contribution in [0.3, 0.4) is 0 Å². The number of aryl methyl sites for hydroxylation is 1. The van der Waals surface area contributed by atoms with Crippen LogP contribution in [0.2, 0.25) is 0 Å². The fourth-order valence-electron chi connectivity index (χ4n) is 1.63. The minimum atomic E-state index is -0.298. The standard InChI is InChI=1S/C11H12BrN3O2/c1-6-8(12)2-3-9(14-6)15-11(17)7-4-10(16)13-5-7/h2-3,7H,4-5H2,1H3,(H,13,16)(H,14,15,17). The minimum absolute atomic E-state index is 0.0786. The number of halogens is 1. The van der Waals surface area contributed by atoms with E-state index in [1.165, 1.54) is 0 Å². The highest BCUT2D eigenvalue weighted by atomic mass is 79.9. The van der Waals surface area contributed by atoms with Crippen molar-refractivity contribution in [2.75, 3.05) is 11.9 Å². The van der Waals surface area contributed by atoms with E-state index in [0.29, 0.717) is 12.4 Å². The number of carbonyl (C=O) groups excluding carboxylic acids is 2. The summed E-state index contributed by atoms with van der Waals surface area (Å²) in [5, 5.41) is 5.34. The number of hydrogen-bond acceptors (Lipinski definition) is 3. The van der Waals surface area contributed by atoms with Gasteiger partial charge in [0.05, 0.1) is 11.6 Å². The monoisotopic (exact) mass is 297 g/mol. The van der Waals surface area contributed by atoms with Gasteiger partial charge in [-0.1, -0.05) is 0 Å². The van der Waals surface area contributed by atoms with Gasteiger partial charge in [-0.15, -0.1) is 0 Å². The van der Waals surface area contributed by atoms with Crippen molar-refractivity contribution in [1.82, 2.24) is 10.3 Å². The summed E-state index contributed by atoms with van der Waals surface area (Å²) in [4.78, 5) is 27.0. The van der Waals surface area contributed by atoms with Gasteiger partial charge >= 0.3 is 0 Å². The molecule has 1 atom stereocenters. The van der Waals surface area contributed by atoms with Crippen LogP contribution in [0.1, 0.15) is 12.1 Å². The van der Waals surface area contributed by atoms with Crippen molar-refractivity contribution in [2.45, 2.75) is 13.3 Å². The van der Waals surface area contributed by atoms with Crippen molar-refractivity contribution in [3.8, 4) is 0 Å². The fraction of sp³-hybridized carbons (Fsp3) is 0.364. The van der Waals surface area contributed by atoms with E-state index >= 15 is 0 Å². The summed E-state index contributed by atoms with van der Waals surface area (Å²) in [7, 11) is 0. The molecule has 2 N–H and O–H groups in total. The van der Waals surface area contributed by atoms with Crippen LogP contribution in [0.5, 0.6) is 0 Å². The largest absolute Gasteiger partial charge is 0.355 e. The van der Waals surface area contributed by atoms with E-state index < -0.39 is 0 Å². The molecular formula is C11H12BrN3O2. The number of aromatic nitrogens is 1. The van der Waals surface area contributed by atoms with Gasteiger partial charge in [-0.25, -0.2) is 4.98 Å². The molecule has 1 aromatic rings. The molecule has 1 aliphatic rings. The summed E-state index contributed by atoms with van der Waals surface area (Å²) in [6.07, 6.45) is 0.251. The van der Waals surface area contributed by atoms with Crippen LogP contribution in [-0.4, -0.2) is 23.3 Å². The van der Waals surface area contributed by atoms with Crippen LogP contribution in [0, 0.1) is 12.8 Å². The first-order valence-corrected chi connectivity index (χ1v) is 6.06. The van der Waals surface area contributed by atoms with E-state index in [9.17, 15) is 9.59 Å². The van der Waals surface area contributed by atoms with Crippen LogP contribution in [0.4, 0.5) is 5.82 Å². The molecule has 2 amide bonds. The molecule has 0 bridgehead atoms. The molecule has 1 fully saturated rings. The summed E-state index contributed by atoms with van der Waals surface area (Å²) in [6.45, 7) is 2.25. The number of nitrogens with one attached hydrogen (secondary N) is 2. The quantitative estimate of drug-likeness (QED) is 0.862. The Morgan fingerprint density at radius 2 is 2.35 bits per heavy atom. The number of hydrogen-bond donors (Lipinski definition) is 2. The molecule has 1 aliphatic heterocycles. The van der Waals surface area contributed by atoms with Crippen LogP contribution in [-0.2, 0) is 9.59 Å². The molecule has 6 heteroatoms. The van der Waals surface area contributed by atoms with Crippen LogP contribution >= 0.6 is 15.9 Å². The zero-order valence-electron chi connectivity index (χ0n) is 9.29. The summed E-state index contributed by atoms with van der Waals surface area (Å²) in [5.74, 6) is -0.0361. The highest BCUT2D eigenvalue weighted by molar-refractivity contribution is 9.10. The molecule has 17 heavy (non-hydrogen) atoms. The van der Waals surface area contributed by atoms with Crippen molar-refractivity contribution in [2.24, 2.45) is 5.92 Å². The van der Waals surface area contributed by atoms with Crippen LogP contribution in [0.15, 0.2) is 16.6 Å². The molecule has 0 aromatic carbocycles. The molecule has 90 valence electrons. The lowest BCUT2D eigenvalue weighted by Gasteiger charge is -2.09. The minimum Gasteiger partial charge on any atom is -0.355 e. The van der Waals surface area contributed by atoms with Gasteiger partial charge in [0.2, 0.25) is 11.8 Å². The third kappa shape index (κ3) is 2.82. The maximum atomic E-state index is 11.8. The van der Waals surface area contributed by atoms with Gasteiger partial charge in [-0.3, -0.25) is 9.59 Å². The van der Waals surface area contributed by atoms with E-state index in [1.54, 1.807) is 6.07 Å². The SMILES string of the molecule is Cc1nc(NC(=O)C2CNC(=O)C2)ccc1Br. The molecule has 1 unspecified atom stereocenters. The average molecular weight is 298 g/mol. The second kappa shape index (κ2) is 4.83. The van der Waals surface area contributed by atoms with Gasteiger partial charge in [0.15, 0.2) is 0 Å². The van der Waals surface area contributed by atoms with Crippen molar-refractivity contribution in [1.29, 1.82) is 0 Å². The first-order chi connectivity index (χ1) is 8.06. The predicted molar refractivity (Wildman–Crippen MR) is 66.4 cm³/mol. The Morgan fingerprint density at radius 3 is 2.94 bits per heavy atom. The molecule has 5 nitrogen and oxygen atoms in total. The zero-order valence-corrected chi connectivity index (χ0v) is 10.9. The van der Waals surface area contributed by atoms with Crippen LogP contribution < -0.4 is 10.6 Å². The first-order valence-electron chi connectivity index (χ1n) is 5.27. The zero-order chi connectivity index (χ0) is 12.4. The Kier molecular flexibility index (Phi) is 3.42. The lowest BCUT2D eigenvalue weighted by molar-refractivity contribution is -0.123. The number of nitrogens with zero attached hydrogens (tertiary/aromatic N) is 1. The van der Waals surface area contributed by atoms with Gasteiger partial charge in [-0.05, 0) is 35.0 Å². The molecule has 1 aromatic heterocycles. The van der Waals surface area contributed by atoms with E-state index in [0.717, 1.165) is 10.2 Å². The number of pyridine rings is 1. The lowest BCUT2D eigenvalue weighted by Crippen LogP contribution is -2.25. The maximum absolute atomic E-state index is 11.8. The molecule has 2 heterocycles. The number of anilines is 1. The Bertz CT molecular complexity index is 476. The second-order valence-corrected chi connectivity index (χ2v) is 4.81. The summed E-state index contributed by atoms with van der Waals surface area (Å²) >= 11 is 3.34. The number of rotatable bonds is 2. The van der Waals surface area contributed by atoms with Crippen LogP contribution in [0.25, 0.3) is 0 Å².